The van der Waals surface area contributed by atoms with Crippen LogP contribution in [0.5, 0.6) is 0 Å². The lowest BCUT2D eigenvalue weighted by molar-refractivity contribution is 0.0695. The van der Waals surface area contributed by atoms with Crippen molar-refractivity contribution in [1.82, 2.24) is 15.0 Å². The minimum Gasteiger partial charge on any atom is -0.477 e. The van der Waals surface area contributed by atoms with Crippen LogP contribution in [0.25, 0.3) is 27.8 Å². The Labute approximate surface area is 173 Å². The summed E-state index contributed by atoms with van der Waals surface area (Å²) in [7, 11) is 0. The molecule has 0 amide bonds. The first-order valence-corrected chi connectivity index (χ1v) is 9.38. The number of aromatic carboxylic acids is 1. The lowest BCUT2D eigenvalue weighted by Crippen LogP contribution is -2.19. The van der Waals surface area contributed by atoms with Gasteiger partial charge in [0, 0.05) is 30.9 Å². The quantitative estimate of drug-likeness (QED) is 0.519. The first kappa shape index (κ1) is 18.5. The Balaban J connectivity index is 1.88. The van der Waals surface area contributed by atoms with Crippen molar-refractivity contribution in [3.05, 3.63) is 80.5 Å². The second-order valence-electron chi connectivity index (χ2n) is 6.94. The van der Waals surface area contributed by atoms with E-state index in [2.05, 4.69) is 10.5 Å². The fourth-order valence-corrected chi connectivity index (χ4v) is 4.19. The normalized spacial score (nSPS) is 13.0. The Morgan fingerprint density at radius 2 is 2.03 bits per heavy atom. The Morgan fingerprint density at radius 3 is 2.77 bits per heavy atom. The molecule has 0 spiro atoms. The van der Waals surface area contributed by atoms with E-state index < -0.39 is 22.8 Å². The summed E-state index contributed by atoms with van der Waals surface area (Å²) in [5.74, 6) is -1.95. The van der Waals surface area contributed by atoms with Crippen LogP contribution in [0.4, 0.5) is 4.39 Å². The molecule has 0 saturated heterocycles. The number of halogens is 2. The van der Waals surface area contributed by atoms with E-state index in [4.69, 9.17) is 16.1 Å². The Kier molecular flexibility index (Phi) is 4.19. The predicted octanol–water partition coefficient (Wildman–Crippen LogP) is 3.74. The summed E-state index contributed by atoms with van der Waals surface area (Å²) in [6.07, 6.45) is 2.41. The fourth-order valence-electron chi connectivity index (χ4n) is 3.79. The third-order valence-corrected chi connectivity index (χ3v) is 5.58. The highest BCUT2D eigenvalue weighted by molar-refractivity contribution is 6.38. The van der Waals surface area contributed by atoms with E-state index in [9.17, 15) is 14.7 Å². The molecule has 1 aliphatic heterocycles. The molecule has 2 aromatic carbocycles. The van der Waals surface area contributed by atoms with E-state index >= 15 is 4.39 Å². The van der Waals surface area contributed by atoms with Crippen LogP contribution < -0.4 is 10.7 Å². The van der Waals surface area contributed by atoms with Gasteiger partial charge in [0.05, 0.1) is 15.9 Å². The monoisotopic (exact) mass is 425 g/mol. The van der Waals surface area contributed by atoms with E-state index in [0.717, 1.165) is 29.9 Å². The summed E-state index contributed by atoms with van der Waals surface area (Å²) in [5.41, 5.74) is 1.64. The molecule has 0 aliphatic carbocycles. The van der Waals surface area contributed by atoms with Gasteiger partial charge in [0.25, 0.3) is 0 Å². The first-order chi connectivity index (χ1) is 14.5. The third-order valence-electron chi connectivity index (χ3n) is 5.21. The maximum absolute atomic E-state index is 15.2. The Bertz CT molecular complexity index is 1400. The highest BCUT2D eigenvalue weighted by Crippen LogP contribution is 2.38. The van der Waals surface area contributed by atoms with Crippen molar-refractivity contribution in [3.8, 4) is 16.9 Å². The number of nitrogens with zero attached hydrogens (tertiary/aromatic N) is 2. The second kappa shape index (κ2) is 6.79. The maximum Gasteiger partial charge on any atom is 0.341 e. The molecule has 0 radical (unpaired) electrons. The highest BCUT2D eigenvalue weighted by Gasteiger charge is 2.24. The molecule has 2 N–H and O–H groups in total. The summed E-state index contributed by atoms with van der Waals surface area (Å²) in [4.78, 5) is 24.3. The van der Waals surface area contributed by atoms with Crippen molar-refractivity contribution in [2.75, 3.05) is 0 Å². The van der Waals surface area contributed by atoms with Gasteiger partial charge in [-0.2, -0.15) is 0 Å². The maximum atomic E-state index is 15.2. The number of rotatable bonds is 3. The van der Waals surface area contributed by atoms with Crippen molar-refractivity contribution in [1.29, 1.82) is 0 Å². The minimum atomic E-state index is -1.44. The number of carboxylic acids is 1. The van der Waals surface area contributed by atoms with Crippen LogP contribution in [0.15, 0.2) is 52.1 Å². The molecule has 5 rings (SSSR count). The smallest absolute Gasteiger partial charge is 0.341 e. The van der Waals surface area contributed by atoms with Gasteiger partial charge < -0.3 is 14.9 Å². The molecule has 7 nitrogen and oxygen atoms in total. The lowest BCUT2D eigenvalue weighted by Gasteiger charge is -2.15. The summed E-state index contributed by atoms with van der Waals surface area (Å²) >= 11 is 6.64. The van der Waals surface area contributed by atoms with Crippen LogP contribution in [0, 0.1) is 5.82 Å². The number of aromatic nitrogens is 2. The highest BCUT2D eigenvalue weighted by atomic mass is 35.5. The van der Waals surface area contributed by atoms with E-state index in [-0.39, 0.29) is 27.3 Å². The summed E-state index contributed by atoms with van der Waals surface area (Å²) < 4.78 is 21.4. The average Bonchev–Trinajstić information content (AvgIpc) is 3.40. The van der Waals surface area contributed by atoms with E-state index in [0.29, 0.717) is 12.1 Å². The zero-order valence-electron chi connectivity index (χ0n) is 15.3. The molecule has 4 aromatic rings. The fraction of sp³-hybridized carbons (Fsp3) is 0.0952. The number of fused-ring (bicyclic) bond motifs is 2. The molecular weight excluding hydrogens is 413 g/mol. The largest absolute Gasteiger partial charge is 0.477 e. The van der Waals surface area contributed by atoms with Crippen LogP contribution in [0.2, 0.25) is 5.02 Å². The summed E-state index contributed by atoms with van der Waals surface area (Å²) in [5, 5.41) is 16.3. The van der Waals surface area contributed by atoms with Crippen molar-refractivity contribution in [2.24, 2.45) is 0 Å². The molecule has 0 atom stereocenters. The number of hydrogen-bond acceptors (Lipinski definition) is 5. The van der Waals surface area contributed by atoms with Gasteiger partial charge in [0.15, 0.2) is 5.82 Å². The third kappa shape index (κ3) is 2.72. The van der Waals surface area contributed by atoms with Crippen molar-refractivity contribution >= 4 is 28.5 Å². The van der Waals surface area contributed by atoms with Crippen LogP contribution >= 0.6 is 11.6 Å². The molecule has 9 heteroatoms. The van der Waals surface area contributed by atoms with E-state index in [1.165, 1.54) is 16.9 Å². The SMILES string of the molecule is O=C(O)c1cn(-c2ccon2)c2c(Cl)c(-c3ccc4c(c3)CNC4)c(F)cc2c1=O. The summed E-state index contributed by atoms with van der Waals surface area (Å²) in [6, 6.07) is 8.04. The second-order valence-corrected chi connectivity index (χ2v) is 7.31. The van der Waals surface area contributed by atoms with Crippen molar-refractivity contribution in [2.45, 2.75) is 13.1 Å². The van der Waals surface area contributed by atoms with Crippen molar-refractivity contribution < 1.29 is 18.8 Å². The molecule has 2 aromatic heterocycles. The first-order valence-electron chi connectivity index (χ1n) is 9.00. The van der Waals surface area contributed by atoms with E-state index in [1.807, 2.05) is 12.1 Å². The molecule has 30 heavy (non-hydrogen) atoms. The molecule has 150 valence electrons. The number of carboxylic acid groups (broad SMARTS) is 1. The molecule has 1 aliphatic rings. The van der Waals surface area contributed by atoms with Crippen LogP contribution in [-0.2, 0) is 13.1 Å². The van der Waals surface area contributed by atoms with Gasteiger partial charge in [-0.3, -0.25) is 9.36 Å². The van der Waals surface area contributed by atoms with Crippen LogP contribution in [-0.4, -0.2) is 20.8 Å². The van der Waals surface area contributed by atoms with E-state index in [1.54, 1.807) is 6.07 Å². The molecule has 3 heterocycles. The standard InChI is InChI=1S/C21H13ClFN3O4/c22-18-17(10-1-2-11-7-24-8-12(11)5-10)15(23)6-13-19(18)26(16-3-4-30-25-16)9-14(20(13)27)21(28)29/h1-6,9,24H,7-8H2,(H,28,29). The van der Waals surface area contributed by atoms with Crippen molar-refractivity contribution in [3.63, 3.8) is 0 Å². The van der Waals surface area contributed by atoms with Gasteiger partial charge in [0.2, 0.25) is 5.43 Å². The topological polar surface area (TPSA) is 97.4 Å². The van der Waals surface area contributed by atoms with Gasteiger partial charge in [0.1, 0.15) is 17.6 Å². The number of benzene rings is 2. The minimum absolute atomic E-state index is 0.0204. The Morgan fingerprint density at radius 1 is 1.23 bits per heavy atom. The van der Waals surface area contributed by atoms with Gasteiger partial charge >= 0.3 is 5.97 Å². The molecular formula is C21H13ClFN3O4. The molecule has 0 saturated carbocycles. The van der Waals surface area contributed by atoms with Crippen LogP contribution in [0.1, 0.15) is 21.5 Å². The number of pyridine rings is 1. The lowest BCUT2D eigenvalue weighted by atomic mass is 9.98. The number of hydrogen-bond donors (Lipinski definition) is 2. The zero-order valence-corrected chi connectivity index (χ0v) is 16.0. The summed E-state index contributed by atoms with van der Waals surface area (Å²) in [6.45, 7) is 1.41. The molecule has 0 unspecified atom stereocenters. The Hall–Kier alpha value is -3.49. The zero-order chi connectivity index (χ0) is 21.0. The van der Waals surface area contributed by atoms with Gasteiger partial charge in [-0.1, -0.05) is 28.9 Å². The average molecular weight is 426 g/mol. The molecule has 0 bridgehead atoms. The van der Waals surface area contributed by atoms with Gasteiger partial charge in [-0.25, -0.2) is 9.18 Å². The van der Waals surface area contributed by atoms with Crippen LogP contribution in [0.3, 0.4) is 0 Å². The van der Waals surface area contributed by atoms with Gasteiger partial charge in [-0.15, -0.1) is 0 Å². The number of carbonyl (C=O) groups is 1. The number of nitrogens with one attached hydrogen (secondary N) is 1. The van der Waals surface area contributed by atoms with Gasteiger partial charge in [-0.05, 0) is 28.8 Å². The molecule has 0 fully saturated rings. The predicted molar refractivity (Wildman–Crippen MR) is 108 cm³/mol.